The molecule has 2 rings (SSSR count). The first-order chi connectivity index (χ1) is 9.01. The Morgan fingerprint density at radius 2 is 1.95 bits per heavy atom. The zero-order valence-electron chi connectivity index (χ0n) is 11.0. The molecular weight excluding hydrogens is 248 g/mol. The highest BCUT2D eigenvalue weighted by Crippen LogP contribution is 2.43. The predicted octanol–water partition coefficient (Wildman–Crippen LogP) is 0.000220. The summed E-state index contributed by atoms with van der Waals surface area (Å²) in [6.07, 6.45) is 3.06. The van der Waals surface area contributed by atoms with Crippen molar-refractivity contribution in [2.75, 3.05) is 13.2 Å². The molecular formula is C13H20N2O4. The summed E-state index contributed by atoms with van der Waals surface area (Å²) in [6, 6.07) is 0. The average molecular weight is 268 g/mol. The van der Waals surface area contributed by atoms with E-state index in [2.05, 4.69) is 9.97 Å². The van der Waals surface area contributed by atoms with Crippen LogP contribution in [-0.2, 0) is 0 Å². The lowest BCUT2D eigenvalue weighted by molar-refractivity contribution is 0.0158. The number of aromatic nitrogens is 2. The number of hydrogen-bond donors (Lipinski definition) is 4. The zero-order chi connectivity index (χ0) is 14.0. The lowest BCUT2D eigenvalue weighted by atomic mass is 9.69. The normalized spacial score (nSPS) is 22.4. The average Bonchev–Trinajstić information content (AvgIpc) is 2.42. The highest BCUT2D eigenvalue weighted by Gasteiger charge is 2.37. The number of H-pyrrole nitrogens is 2. The van der Waals surface area contributed by atoms with Crippen LogP contribution in [0.25, 0.3) is 0 Å². The third-order valence-electron chi connectivity index (χ3n) is 4.24. The standard InChI is InChI=1S/C13H20N2O4/c1-8-10(14-12(19)15-11(8)18)9-3-2-4-13(5-9,6-16)7-17/h9,16-17H,2-7H2,1H3,(H2,14,15,18,19). The van der Waals surface area contributed by atoms with E-state index >= 15 is 0 Å². The number of nitrogens with one attached hydrogen (secondary N) is 2. The summed E-state index contributed by atoms with van der Waals surface area (Å²) in [5, 5.41) is 19.0. The van der Waals surface area contributed by atoms with Crippen LogP contribution in [0.3, 0.4) is 0 Å². The molecule has 1 aliphatic carbocycles. The minimum Gasteiger partial charge on any atom is -0.396 e. The molecule has 1 aliphatic rings. The SMILES string of the molecule is Cc1c(C2CCCC(CO)(CO)C2)[nH]c(=O)[nH]c1=O. The highest BCUT2D eigenvalue weighted by atomic mass is 16.3. The molecule has 0 amide bonds. The monoisotopic (exact) mass is 268 g/mol. The summed E-state index contributed by atoms with van der Waals surface area (Å²) in [6.45, 7) is 1.53. The van der Waals surface area contributed by atoms with Gasteiger partial charge in [-0.3, -0.25) is 9.78 Å². The minimum atomic E-state index is -0.505. The van der Waals surface area contributed by atoms with E-state index < -0.39 is 11.1 Å². The van der Waals surface area contributed by atoms with Gasteiger partial charge in [-0.2, -0.15) is 0 Å². The van der Waals surface area contributed by atoms with E-state index in [1.165, 1.54) is 0 Å². The van der Waals surface area contributed by atoms with E-state index in [1.807, 2.05) is 0 Å². The molecule has 0 bridgehead atoms. The number of rotatable bonds is 3. The van der Waals surface area contributed by atoms with Crippen LogP contribution < -0.4 is 11.2 Å². The first-order valence-corrected chi connectivity index (χ1v) is 6.56. The number of aromatic amines is 2. The van der Waals surface area contributed by atoms with Crippen molar-refractivity contribution in [1.82, 2.24) is 9.97 Å². The Hall–Kier alpha value is -1.40. The second-order valence-corrected chi connectivity index (χ2v) is 5.56. The van der Waals surface area contributed by atoms with Crippen LogP contribution in [0.2, 0.25) is 0 Å². The largest absolute Gasteiger partial charge is 0.396 e. The lowest BCUT2D eigenvalue weighted by Crippen LogP contribution is -2.37. The quantitative estimate of drug-likeness (QED) is 0.619. The number of aliphatic hydroxyl groups excluding tert-OH is 2. The third-order valence-corrected chi connectivity index (χ3v) is 4.24. The second kappa shape index (κ2) is 5.30. The van der Waals surface area contributed by atoms with Crippen molar-refractivity contribution in [2.45, 2.75) is 38.5 Å². The fourth-order valence-corrected chi connectivity index (χ4v) is 3.01. The van der Waals surface area contributed by atoms with Crippen molar-refractivity contribution in [3.63, 3.8) is 0 Å². The molecule has 4 N–H and O–H groups in total. The van der Waals surface area contributed by atoms with E-state index in [4.69, 9.17) is 0 Å². The van der Waals surface area contributed by atoms with Crippen molar-refractivity contribution in [1.29, 1.82) is 0 Å². The van der Waals surface area contributed by atoms with Crippen LogP contribution in [0.15, 0.2) is 9.59 Å². The molecule has 1 aromatic heterocycles. The minimum absolute atomic E-state index is 0.00282. The van der Waals surface area contributed by atoms with Gasteiger partial charge >= 0.3 is 5.69 Å². The molecule has 6 heteroatoms. The van der Waals surface area contributed by atoms with Gasteiger partial charge in [0.1, 0.15) is 0 Å². The van der Waals surface area contributed by atoms with Crippen molar-refractivity contribution in [3.05, 3.63) is 32.1 Å². The molecule has 1 heterocycles. The second-order valence-electron chi connectivity index (χ2n) is 5.56. The van der Waals surface area contributed by atoms with Crippen molar-refractivity contribution >= 4 is 0 Å². The molecule has 0 aromatic carbocycles. The number of hydrogen-bond acceptors (Lipinski definition) is 4. The van der Waals surface area contributed by atoms with Crippen molar-refractivity contribution in [2.24, 2.45) is 5.41 Å². The Morgan fingerprint density at radius 1 is 1.26 bits per heavy atom. The van der Waals surface area contributed by atoms with Gasteiger partial charge in [-0.05, 0) is 26.2 Å². The fourth-order valence-electron chi connectivity index (χ4n) is 3.01. The molecule has 1 aromatic rings. The van der Waals surface area contributed by atoms with Crippen LogP contribution >= 0.6 is 0 Å². The summed E-state index contributed by atoms with van der Waals surface area (Å²) in [7, 11) is 0. The highest BCUT2D eigenvalue weighted by molar-refractivity contribution is 5.20. The van der Waals surface area contributed by atoms with Crippen LogP contribution in [0.1, 0.15) is 42.9 Å². The summed E-state index contributed by atoms with van der Waals surface area (Å²) in [4.78, 5) is 27.9. The third kappa shape index (κ3) is 2.64. The van der Waals surface area contributed by atoms with Crippen molar-refractivity contribution in [3.8, 4) is 0 Å². The molecule has 1 saturated carbocycles. The predicted molar refractivity (Wildman–Crippen MR) is 70.2 cm³/mol. The summed E-state index contributed by atoms with van der Waals surface area (Å²) < 4.78 is 0. The zero-order valence-corrected chi connectivity index (χ0v) is 11.0. The van der Waals surface area contributed by atoms with Gasteiger partial charge in [0.05, 0.1) is 13.2 Å². The fraction of sp³-hybridized carbons (Fsp3) is 0.692. The van der Waals surface area contributed by atoms with Gasteiger partial charge in [0.25, 0.3) is 5.56 Å². The molecule has 1 atom stereocenters. The molecule has 0 spiro atoms. The van der Waals surface area contributed by atoms with Crippen molar-refractivity contribution < 1.29 is 10.2 Å². The first-order valence-electron chi connectivity index (χ1n) is 6.56. The maximum atomic E-state index is 11.6. The van der Waals surface area contributed by atoms with Gasteiger partial charge in [0, 0.05) is 22.6 Å². The molecule has 1 unspecified atom stereocenters. The Morgan fingerprint density at radius 3 is 2.58 bits per heavy atom. The van der Waals surface area contributed by atoms with Gasteiger partial charge in [-0.25, -0.2) is 4.79 Å². The Kier molecular flexibility index (Phi) is 3.91. The Bertz CT molecular complexity index is 556. The van der Waals surface area contributed by atoms with E-state index in [0.717, 1.165) is 19.3 Å². The maximum Gasteiger partial charge on any atom is 0.325 e. The molecule has 0 radical (unpaired) electrons. The van der Waals surface area contributed by atoms with Gasteiger partial charge in [-0.15, -0.1) is 0 Å². The van der Waals surface area contributed by atoms with Gasteiger partial charge in [0.2, 0.25) is 0 Å². The lowest BCUT2D eigenvalue weighted by Gasteiger charge is -2.38. The van der Waals surface area contributed by atoms with E-state index in [1.54, 1.807) is 6.92 Å². The van der Waals surface area contributed by atoms with Crippen LogP contribution in [-0.4, -0.2) is 33.4 Å². The summed E-state index contributed by atoms with van der Waals surface area (Å²) >= 11 is 0. The summed E-state index contributed by atoms with van der Waals surface area (Å²) in [5.74, 6) is 0.00282. The first kappa shape index (κ1) is 14.0. The topological polar surface area (TPSA) is 106 Å². The van der Waals surface area contributed by atoms with Gasteiger partial charge < -0.3 is 15.2 Å². The van der Waals surface area contributed by atoms with Crippen LogP contribution in [0.5, 0.6) is 0 Å². The molecule has 1 fully saturated rings. The van der Waals surface area contributed by atoms with E-state index in [0.29, 0.717) is 17.7 Å². The van der Waals surface area contributed by atoms with Crippen LogP contribution in [0.4, 0.5) is 0 Å². The van der Waals surface area contributed by atoms with Crippen LogP contribution in [0, 0.1) is 12.3 Å². The number of aliphatic hydroxyl groups is 2. The molecule has 0 aliphatic heterocycles. The van der Waals surface area contributed by atoms with Gasteiger partial charge in [0.15, 0.2) is 0 Å². The molecule has 106 valence electrons. The summed E-state index contributed by atoms with van der Waals surface area (Å²) in [5.41, 5.74) is -0.233. The Labute approximate surface area is 110 Å². The molecule has 6 nitrogen and oxygen atoms in total. The molecule has 19 heavy (non-hydrogen) atoms. The Balaban J connectivity index is 2.37. The van der Waals surface area contributed by atoms with Gasteiger partial charge in [-0.1, -0.05) is 6.42 Å². The smallest absolute Gasteiger partial charge is 0.325 e. The molecule has 0 saturated heterocycles. The van der Waals surface area contributed by atoms with E-state index in [-0.39, 0.29) is 24.7 Å². The maximum absolute atomic E-state index is 11.6. The van der Waals surface area contributed by atoms with E-state index in [9.17, 15) is 19.8 Å².